The minimum absolute atomic E-state index is 0.296. The van der Waals surface area contributed by atoms with Crippen LogP contribution in [-0.2, 0) is 0 Å². The third-order valence-electron chi connectivity index (χ3n) is 3.10. The van der Waals surface area contributed by atoms with Gasteiger partial charge in [0.1, 0.15) is 5.76 Å². The number of anilines is 1. The normalized spacial score (nSPS) is 16.9. The van der Waals surface area contributed by atoms with E-state index < -0.39 is 0 Å². The predicted molar refractivity (Wildman–Crippen MR) is 69.1 cm³/mol. The molecule has 0 aliphatic heterocycles. The number of urea groups is 1. The standard InChI is InChI=1S/C13H19N3O2/c1-10-9-12(16-18-10)15-13(17)14-8-7-11-5-3-2-4-6-11/h7-9,11H,2-6H2,1H3,(H2,14,15,16,17)/b8-7+. The van der Waals surface area contributed by atoms with Gasteiger partial charge in [0.25, 0.3) is 0 Å². The van der Waals surface area contributed by atoms with Gasteiger partial charge in [-0.25, -0.2) is 4.79 Å². The Morgan fingerprint density at radius 3 is 2.89 bits per heavy atom. The van der Waals surface area contributed by atoms with Gasteiger partial charge in [0.05, 0.1) is 0 Å². The monoisotopic (exact) mass is 249 g/mol. The molecule has 0 bridgehead atoms. The van der Waals surface area contributed by atoms with Gasteiger partial charge >= 0.3 is 6.03 Å². The van der Waals surface area contributed by atoms with Gasteiger partial charge in [0, 0.05) is 12.3 Å². The minimum Gasteiger partial charge on any atom is -0.360 e. The molecule has 0 aromatic carbocycles. The van der Waals surface area contributed by atoms with Crippen LogP contribution in [0.25, 0.3) is 0 Å². The summed E-state index contributed by atoms with van der Waals surface area (Å²) in [6.07, 6.45) is 10.2. The Labute approximate surface area is 107 Å². The highest BCUT2D eigenvalue weighted by molar-refractivity contribution is 5.88. The van der Waals surface area contributed by atoms with E-state index in [4.69, 9.17) is 4.52 Å². The number of aryl methyl sites for hydroxylation is 1. The molecule has 1 aliphatic carbocycles. The average Bonchev–Trinajstić information content (AvgIpc) is 2.76. The van der Waals surface area contributed by atoms with E-state index >= 15 is 0 Å². The third kappa shape index (κ3) is 3.91. The van der Waals surface area contributed by atoms with Crippen LogP contribution in [0.15, 0.2) is 22.9 Å². The van der Waals surface area contributed by atoms with Crippen LogP contribution in [0.5, 0.6) is 0 Å². The van der Waals surface area contributed by atoms with E-state index in [9.17, 15) is 4.79 Å². The Morgan fingerprint density at radius 2 is 2.22 bits per heavy atom. The number of rotatable bonds is 3. The molecular weight excluding hydrogens is 230 g/mol. The maximum Gasteiger partial charge on any atom is 0.324 e. The quantitative estimate of drug-likeness (QED) is 0.864. The van der Waals surface area contributed by atoms with Gasteiger partial charge in [0.2, 0.25) is 0 Å². The number of hydrogen-bond donors (Lipinski definition) is 2. The number of carbonyl (C=O) groups is 1. The third-order valence-corrected chi connectivity index (χ3v) is 3.10. The summed E-state index contributed by atoms with van der Waals surface area (Å²) in [5.41, 5.74) is 0. The molecule has 18 heavy (non-hydrogen) atoms. The van der Waals surface area contributed by atoms with Crippen LogP contribution < -0.4 is 10.6 Å². The van der Waals surface area contributed by atoms with Gasteiger partial charge in [-0.05, 0) is 25.7 Å². The van der Waals surface area contributed by atoms with Crippen LogP contribution in [-0.4, -0.2) is 11.2 Å². The number of nitrogens with one attached hydrogen (secondary N) is 2. The van der Waals surface area contributed by atoms with Crippen molar-refractivity contribution in [1.29, 1.82) is 0 Å². The summed E-state index contributed by atoms with van der Waals surface area (Å²) < 4.78 is 4.85. The molecule has 5 nitrogen and oxygen atoms in total. The molecule has 0 radical (unpaired) electrons. The summed E-state index contributed by atoms with van der Waals surface area (Å²) in [6.45, 7) is 1.78. The fourth-order valence-electron chi connectivity index (χ4n) is 2.16. The van der Waals surface area contributed by atoms with Crippen molar-refractivity contribution in [2.45, 2.75) is 39.0 Å². The summed E-state index contributed by atoms with van der Waals surface area (Å²) >= 11 is 0. The highest BCUT2D eigenvalue weighted by atomic mass is 16.5. The Hall–Kier alpha value is -1.78. The van der Waals surface area contributed by atoms with Crippen molar-refractivity contribution in [2.24, 2.45) is 5.92 Å². The Kier molecular flexibility index (Phi) is 4.39. The summed E-state index contributed by atoms with van der Waals surface area (Å²) in [4.78, 5) is 11.5. The molecule has 1 aromatic heterocycles. The summed E-state index contributed by atoms with van der Waals surface area (Å²) in [5, 5.41) is 8.95. The van der Waals surface area contributed by atoms with E-state index in [-0.39, 0.29) is 6.03 Å². The van der Waals surface area contributed by atoms with E-state index in [0.29, 0.717) is 17.5 Å². The molecule has 2 N–H and O–H groups in total. The van der Waals surface area contributed by atoms with Crippen LogP contribution in [0.2, 0.25) is 0 Å². The lowest BCUT2D eigenvalue weighted by Crippen LogP contribution is -2.24. The fourth-order valence-corrected chi connectivity index (χ4v) is 2.16. The molecule has 1 heterocycles. The van der Waals surface area contributed by atoms with E-state index in [1.165, 1.54) is 32.1 Å². The molecule has 0 saturated heterocycles. The second kappa shape index (κ2) is 6.23. The highest BCUT2D eigenvalue weighted by Crippen LogP contribution is 2.24. The molecule has 1 aromatic rings. The van der Waals surface area contributed by atoms with Gasteiger partial charge in [-0.15, -0.1) is 0 Å². The second-order valence-electron chi connectivity index (χ2n) is 4.68. The predicted octanol–water partition coefficient (Wildman–Crippen LogP) is 3.20. The molecule has 2 amide bonds. The minimum atomic E-state index is -0.296. The zero-order chi connectivity index (χ0) is 12.8. The van der Waals surface area contributed by atoms with Crippen LogP contribution in [0.1, 0.15) is 37.9 Å². The van der Waals surface area contributed by atoms with E-state index in [2.05, 4.69) is 21.9 Å². The molecule has 5 heteroatoms. The largest absolute Gasteiger partial charge is 0.360 e. The number of aromatic nitrogens is 1. The lowest BCUT2D eigenvalue weighted by molar-refractivity contribution is 0.254. The molecule has 0 spiro atoms. The van der Waals surface area contributed by atoms with Crippen molar-refractivity contribution in [1.82, 2.24) is 10.5 Å². The lowest BCUT2D eigenvalue weighted by Gasteiger charge is -2.17. The number of carbonyl (C=O) groups excluding carboxylic acids is 1. The van der Waals surface area contributed by atoms with Crippen LogP contribution in [0, 0.1) is 12.8 Å². The first kappa shape index (κ1) is 12.7. The zero-order valence-corrected chi connectivity index (χ0v) is 10.6. The lowest BCUT2D eigenvalue weighted by atomic mass is 9.89. The van der Waals surface area contributed by atoms with Crippen LogP contribution in [0.3, 0.4) is 0 Å². The Morgan fingerprint density at radius 1 is 1.44 bits per heavy atom. The maximum atomic E-state index is 11.5. The molecule has 1 aliphatic rings. The molecule has 1 saturated carbocycles. The smallest absolute Gasteiger partial charge is 0.324 e. The van der Waals surface area contributed by atoms with E-state index in [1.807, 2.05) is 0 Å². The van der Waals surface area contributed by atoms with Crippen LogP contribution in [0.4, 0.5) is 10.6 Å². The van der Waals surface area contributed by atoms with Crippen molar-refractivity contribution in [3.63, 3.8) is 0 Å². The number of hydrogen-bond acceptors (Lipinski definition) is 3. The van der Waals surface area contributed by atoms with Crippen molar-refractivity contribution in [2.75, 3.05) is 5.32 Å². The fraction of sp³-hybridized carbons (Fsp3) is 0.538. The summed E-state index contributed by atoms with van der Waals surface area (Å²) in [5.74, 6) is 1.70. The number of amides is 2. The first-order valence-electron chi connectivity index (χ1n) is 6.41. The SMILES string of the molecule is Cc1cc(NC(=O)N/C=C/C2CCCCC2)no1. The van der Waals surface area contributed by atoms with E-state index in [0.717, 1.165) is 0 Å². The van der Waals surface area contributed by atoms with Gasteiger partial charge < -0.3 is 9.84 Å². The summed E-state index contributed by atoms with van der Waals surface area (Å²) in [7, 11) is 0. The molecule has 1 fully saturated rings. The second-order valence-corrected chi connectivity index (χ2v) is 4.68. The Balaban J connectivity index is 1.72. The van der Waals surface area contributed by atoms with Gasteiger partial charge in [-0.1, -0.05) is 30.5 Å². The maximum absolute atomic E-state index is 11.5. The first-order valence-corrected chi connectivity index (χ1v) is 6.41. The Bertz CT molecular complexity index is 420. The van der Waals surface area contributed by atoms with Crippen molar-refractivity contribution in [3.8, 4) is 0 Å². The highest BCUT2D eigenvalue weighted by Gasteiger charge is 2.10. The van der Waals surface area contributed by atoms with Gasteiger partial charge in [-0.3, -0.25) is 5.32 Å². The van der Waals surface area contributed by atoms with Crippen molar-refractivity contribution < 1.29 is 9.32 Å². The molecule has 98 valence electrons. The molecule has 0 atom stereocenters. The molecular formula is C13H19N3O2. The van der Waals surface area contributed by atoms with Crippen molar-refractivity contribution in [3.05, 3.63) is 24.1 Å². The number of nitrogens with zero attached hydrogens (tertiary/aromatic N) is 1. The number of allylic oxidation sites excluding steroid dienone is 1. The molecule has 0 unspecified atom stereocenters. The van der Waals surface area contributed by atoms with Crippen LogP contribution >= 0.6 is 0 Å². The first-order chi connectivity index (χ1) is 8.74. The van der Waals surface area contributed by atoms with Gasteiger partial charge in [-0.2, -0.15) is 0 Å². The van der Waals surface area contributed by atoms with Gasteiger partial charge in [0.15, 0.2) is 5.82 Å². The van der Waals surface area contributed by atoms with E-state index in [1.54, 1.807) is 19.2 Å². The molecule has 2 rings (SSSR count). The zero-order valence-electron chi connectivity index (χ0n) is 10.6. The average molecular weight is 249 g/mol. The topological polar surface area (TPSA) is 67.2 Å². The summed E-state index contributed by atoms with van der Waals surface area (Å²) in [6, 6.07) is 1.38. The van der Waals surface area contributed by atoms with Crippen molar-refractivity contribution >= 4 is 11.8 Å².